The van der Waals surface area contributed by atoms with E-state index in [1.54, 1.807) is 0 Å². The zero-order valence-electron chi connectivity index (χ0n) is 16.8. The van der Waals surface area contributed by atoms with E-state index in [9.17, 15) is 9.90 Å². The fourth-order valence-electron chi connectivity index (χ4n) is 3.69. The maximum Gasteiger partial charge on any atom is 0.286 e. The lowest BCUT2D eigenvalue weighted by atomic mass is 9.80. The van der Waals surface area contributed by atoms with Crippen molar-refractivity contribution in [3.8, 4) is 0 Å². The molecule has 29 heavy (non-hydrogen) atoms. The molecule has 0 radical (unpaired) electrons. The maximum atomic E-state index is 12.8. The number of aliphatic hydroxyl groups is 1. The number of hydrogen-bond donors (Lipinski definition) is 2. The van der Waals surface area contributed by atoms with Gasteiger partial charge < -0.3 is 19.9 Å². The van der Waals surface area contributed by atoms with Crippen molar-refractivity contribution in [3.63, 3.8) is 0 Å². The van der Waals surface area contributed by atoms with Gasteiger partial charge in [-0.15, -0.1) is 0 Å². The molecule has 154 valence electrons. The quantitative estimate of drug-likeness (QED) is 0.679. The Morgan fingerprint density at radius 3 is 2.45 bits per heavy atom. The van der Waals surface area contributed by atoms with E-state index >= 15 is 0 Å². The van der Waals surface area contributed by atoms with E-state index < -0.39 is 6.29 Å². The van der Waals surface area contributed by atoms with Crippen molar-refractivity contribution >= 4 is 5.91 Å². The summed E-state index contributed by atoms with van der Waals surface area (Å²) in [5.41, 5.74) is 2.14. The summed E-state index contributed by atoms with van der Waals surface area (Å²) in [7, 11) is 0. The minimum atomic E-state index is -0.528. The van der Waals surface area contributed by atoms with Gasteiger partial charge in [-0.25, -0.2) is 0 Å². The van der Waals surface area contributed by atoms with Crippen LogP contribution in [0.25, 0.3) is 0 Å². The molecule has 5 nitrogen and oxygen atoms in total. The molecule has 1 aliphatic rings. The van der Waals surface area contributed by atoms with Crippen molar-refractivity contribution < 1.29 is 19.4 Å². The number of rotatable bonds is 9. The Hall–Kier alpha value is -2.63. The Morgan fingerprint density at radius 2 is 1.79 bits per heavy atom. The lowest BCUT2D eigenvalue weighted by molar-refractivity contribution is -0.166. The van der Waals surface area contributed by atoms with Gasteiger partial charge in [-0.1, -0.05) is 60.7 Å². The van der Waals surface area contributed by atoms with Gasteiger partial charge >= 0.3 is 0 Å². The first-order chi connectivity index (χ1) is 14.2. The molecular formula is C24H29NO4. The second-order valence-electron chi connectivity index (χ2n) is 7.11. The predicted octanol–water partition coefficient (Wildman–Crippen LogP) is 3.75. The first kappa shape index (κ1) is 21.1. The number of amides is 1. The monoisotopic (exact) mass is 395 g/mol. The number of nitrogens with one attached hydrogen (secondary N) is 1. The van der Waals surface area contributed by atoms with Crippen molar-refractivity contribution in [2.45, 2.75) is 38.5 Å². The molecule has 0 fully saturated rings. The zero-order valence-corrected chi connectivity index (χ0v) is 16.8. The normalized spacial score (nSPS) is 21.2. The SMILES string of the molecule is CCO[C@H]1OC(C(=O)NCc2ccccc2)=C[C@@H](c2ccccc2)[C@@H]1CCCO. The third-order valence-corrected chi connectivity index (χ3v) is 5.12. The summed E-state index contributed by atoms with van der Waals surface area (Å²) in [4.78, 5) is 12.8. The van der Waals surface area contributed by atoms with Gasteiger partial charge in [-0.2, -0.15) is 0 Å². The zero-order chi connectivity index (χ0) is 20.5. The van der Waals surface area contributed by atoms with Gasteiger partial charge in [0, 0.05) is 31.6 Å². The highest BCUT2D eigenvalue weighted by Crippen LogP contribution is 2.39. The number of benzene rings is 2. The summed E-state index contributed by atoms with van der Waals surface area (Å²) in [6.07, 6.45) is 2.77. The third kappa shape index (κ3) is 5.68. The van der Waals surface area contributed by atoms with E-state index in [1.807, 2.05) is 61.5 Å². The molecule has 5 heteroatoms. The average Bonchev–Trinajstić information content (AvgIpc) is 2.77. The van der Waals surface area contributed by atoms with Crippen LogP contribution < -0.4 is 5.32 Å². The lowest BCUT2D eigenvalue weighted by Crippen LogP contribution is -2.38. The summed E-state index contributed by atoms with van der Waals surface area (Å²) in [5, 5.41) is 12.3. The number of carbonyl (C=O) groups is 1. The molecule has 0 bridgehead atoms. The Balaban J connectivity index is 1.83. The highest BCUT2D eigenvalue weighted by atomic mass is 16.7. The van der Waals surface area contributed by atoms with E-state index in [0.29, 0.717) is 19.6 Å². The number of hydrogen-bond acceptors (Lipinski definition) is 4. The van der Waals surface area contributed by atoms with Crippen LogP contribution in [0.1, 0.15) is 36.8 Å². The van der Waals surface area contributed by atoms with Gasteiger partial charge in [0.2, 0.25) is 6.29 Å². The Bertz CT molecular complexity index is 791. The van der Waals surface area contributed by atoms with Gasteiger partial charge in [0.05, 0.1) is 0 Å². The molecule has 0 unspecified atom stereocenters. The number of aliphatic hydroxyl groups excluding tert-OH is 1. The largest absolute Gasteiger partial charge is 0.459 e. The van der Waals surface area contributed by atoms with Crippen LogP contribution in [0.15, 0.2) is 72.5 Å². The van der Waals surface area contributed by atoms with Crippen LogP contribution in [0, 0.1) is 5.92 Å². The highest BCUT2D eigenvalue weighted by Gasteiger charge is 2.37. The maximum absolute atomic E-state index is 12.8. The smallest absolute Gasteiger partial charge is 0.286 e. The number of ether oxygens (including phenoxy) is 2. The Labute approximate surface area is 172 Å². The minimum Gasteiger partial charge on any atom is -0.459 e. The van der Waals surface area contributed by atoms with Gasteiger partial charge in [-0.3, -0.25) is 4.79 Å². The van der Waals surface area contributed by atoms with E-state index in [-0.39, 0.29) is 30.1 Å². The van der Waals surface area contributed by atoms with Crippen molar-refractivity contribution in [3.05, 3.63) is 83.6 Å². The molecule has 1 aliphatic heterocycles. The molecule has 0 spiro atoms. The van der Waals surface area contributed by atoms with Gasteiger partial charge in [0.25, 0.3) is 5.91 Å². The van der Waals surface area contributed by atoms with Gasteiger partial charge in [-0.05, 0) is 37.0 Å². The molecule has 3 rings (SSSR count). The number of allylic oxidation sites excluding steroid dienone is 1. The van der Waals surface area contributed by atoms with E-state index in [2.05, 4.69) is 17.4 Å². The molecule has 2 N–H and O–H groups in total. The van der Waals surface area contributed by atoms with Gasteiger partial charge in [0.1, 0.15) is 0 Å². The van der Waals surface area contributed by atoms with Crippen LogP contribution in [-0.4, -0.2) is 30.5 Å². The van der Waals surface area contributed by atoms with Crippen molar-refractivity contribution in [1.29, 1.82) is 0 Å². The molecule has 1 amide bonds. The van der Waals surface area contributed by atoms with Crippen LogP contribution in [-0.2, 0) is 20.8 Å². The summed E-state index contributed by atoms with van der Waals surface area (Å²) in [6.45, 7) is 2.95. The standard InChI is InChI=1S/C24H29NO4/c1-2-28-24-20(14-9-15-26)21(19-12-7-4-8-13-19)16-22(29-24)23(27)25-17-18-10-5-3-6-11-18/h3-8,10-13,16,20-21,24,26H,2,9,14-15,17H2,1H3,(H,25,27)/t20-,21-,24-/m0/s1. The first-order valence-corrected chi connectivity index (χ1v) is 10.2. The molecule has 0 aliphatic carbocycles. The molecule has 0 saturated carbocycles. The topological polar surface area (TPSA) is 67.8 Å². The molecule has 0 saturated heterocycles. The first-order valence-electron chi connectivity index (χ1n) is 10.2. The van der Waals surface area contributed by atoms with Crippen LogP contribution in [0.4, 0.5) is 0 Å². The lowest BCUT2D eigenvalue weighted by Gasteiger charge is -2.37. The fraction of sp³-hybridized carbons (Fsp3) is 0.375. The minimum absolute atomic E-state index is 0.0227. The molecule has 1 heterocycles. The van der Waals surface area contributed by atoms with Crippen LogP contribution in [0.5, 0.6) is 0 Å². The molecule has 0 aromatic heterocycles. The van der Waals surface area contributed by atoms with E-state index in [1.165, 1.54) is 0 Å². The number of carbonyl (C=O) groups excluding carboxylic acids is 1. The van der Waals surface area contributed by atoms with E-state index in [0.717, 1.165) is 17.5 Å². The summed E-state index contributed by atoms with van der Waals surface area (Å²) >= 11 is 0. The van der Waals surface area contributed by atoms with Crippen LogP contribution in [0.2, 0.25) is 0 Å². The van der Waals surface area contributed by atoms with Crippen molar-refractivity contribution in [2.24, 2.45) is 5.92 Å². The fourth-order valence-corrected chi connectivity index (χ4v) is 3.69. The summed E-state index contributed by atoms with van der Waals surface area (Å²) in [5.74, 6) is 0.0364. The summed E-state index contributed by atoms with van der Waals surface area (Å²) < 4.78 is 11.8. The molecular weight excluding hydrogens is 366 g/mol. The van der Waals surface area contributed by atoms with Crippen LogP contribution in [0.3, 0.4) is 0 Å². The second-order valence-corrected chi connectivity index (χ2v) is 7.11. The van der Waals surface area contributed by atoms with E-state index in [4.69, 9.17) is 9.47 Å². The third-order valence-electron chi connectivity index (χ3n) is 5.12. The second kappa shape index (κ2) is 10.8. The molecule has 2 aromatic rings. The molecule has 2 aromatic carbocycles. The summed E-state index contributed by atoms with van der Waals surface area (Å²) in [6, 6.07) is 19.8. The van der Waals surface area contributed by atoms with Crippen molar-refractivity contribution in [1.82, 2.24) is 5.32 Å². The highest BCUT2D eigenvalue weighted by molar-refractivity contribution is 5.91. The Morgan fingerprint density at radius 1 is 1.10 bits per heavy atom. The Kier molecular flexibility index (Phi) is 7.85. The average molecular weight is 395 g/mol. The van der Waals surface area contributed by atoms with Crippen LogP contribution >= 0.6 is 0 Å². The molecule has 3 atom stereocenters. The van der Waals surface area contributed by atoms with Gasteiger partial charge in [0.15, 0.2) is 5.76 Å². The predicted molar refractivity (Wildman–Crippen MR) is 112 cm³/mol. The van der Waals surface area contributed by atoms with Crippen molar-refractivity contribution in [2.75, 3.05) is 13.2 Å².